The van der Waals surface area contributed by atoms with Crippen molar-refractivity contribution in [2.24, 2.45) is 10.2 Å². The Bertz CT molecular complexity index is 1930. The molecule has 0 aliphatic carbocycles. The van der Waals surface area contributed by atoms with E-state index in [9.17, 15) is 66.6 Å². The van der Waals surface area contributed by atoms with Gasteiger partial charge in [-0.1, -0.05) is 56.9 Å². The molecule has 0 aliphatic heterocycles. The number of hydrogen-bond donors (Lipinski definition) is 2. The number of anilines is 1. The zero-order valence-electron chi connectivity index (χ0n) is 26.7. The van der Waals surface area contributed by atoms with Gasteiger partial charge >= 0.3 is 83.0 Å². The minimum absolute atomic E-state index is 0. The second kappa shape index (κ2) is 17.8. The van der Waals surface area contributed by atoms with Gasteiger partial charge in [-0.15, -0.1) is 5.11 Å². The number of rotatable bonds is 14. The topological polar surface area (TPSA) is 188 Å². The summed E-state index contributed by atoms with van der Waals surface area (Å²) in [5, 5.41) is 19.4. The fourth-order valence-electron chi connectivity index (χ4n) is 4.45. The maximum absolute atomic E-state index is 14.1. The van der Waals surface area contributed by atoms with Crippen LogP contribution in [0.15, 0.2) is 62.5 Å². The Labute approximate surface area is 326 Å². The zero-order valence-corrected chi connectivity index (χ0v) is 32.3. The van der Waals surface area contributed by atoms with Crippen molar-refractivity contribution in [1.82, 2.24) is 0 Å². The number of unbranched alkanes of at least 4 members (excludes halogenated alkanes) is 5. The summed E-state index contributed by atoms with van der Waals surface area (Å²) in [5.41, 5.74) is -1.85. The molecule has 2 N–H and O–H groups in total. The van der Waals surface area contributed by atoms with Crippen molar-refractivity contribution in [1.29, 1.82) is 0 Å². The summed E-state index contributed by atoms with van der Waals surface area (Å²) in [7, 11) is -11.1. The van der Waals surface area contributed by atoms with Crippen LogP contribution in [0.25, 0.3) is 10.8 Å². The number of nitrogens with one attached hydrogen (secondary N) is 1. The van der Waals surface area contributed by atoms with Gasteiger partial charge < -0.3 is 15.0 Å². The van der Waals surface area contributed by atoms with Crippen molar-refractivity contribution in [3.05, 3.63) is 48.0 Å². The second-order valence-electron chi connectivity index (χ2n) is 10.5. The van der Waals surface area contributed by atoms with Gasteiger partial charge in [0, 0.05) is 5.69 Å². The average molecular weight is 776 g/mol. The number of nitrogens with zero attached hydrogens (tertiary/aromatic N) is 2. The standard InChI is InChI=1S/C28H28F7N3O8S2.2Na/c1-2-3-4-5-6-7-8-16-9-11-18(12-10-16)37-38-23-21(48(44,45)46)14-17-13-19(47(41,42)43)15-20(22(17)24(23)39)36-25(40)26(29,30)27(31,32)28(33,34)35;;/h9-15,39H,2-8H2,1H3,(H,36,40)(H,41,42,43)(H,44,45,46);;/q;2*+1/p-2. The molecule has 0 fully saturated rings. The number of carbonyl (C=O) groups excluding carboxylic acids is 1. The Morgan fingerprint density at radius 3 is 1.94 bits per heavy atom. The van der Waals surface area contributed by atoms with Crippen LogP contribution in [0.4, 0.5) is 47.8 Å². The van der Waals surface area contributed by atoms with Crippen LogP contribution < -0.4 is 69.5 Å². The summed E-state index contributed by atoms with van der Waals surface area (Å²) in [6, 6.07) is 6.77. The number of aryl methyl sites for hydroxylation is 1. The number of halogens is 7. The molecule has 0 unspecified atom stereocenters. The van der Waals surface area contributed by atoms with Crippen LogP contribution in [0.2, 0.25) is 0 Å². The average Bonchev–Trinajstić information content (AvgIpc) is 2.97. The number of fused-ring (bicyclic) bond motifs is 1. The molecule has 0 aromatic heterocycles. The molecule has 0 aliphatic rings. The van der Waals surface area contributed by atoms with Crippen molar-refractivity contribution >= 4 is 54.0 Å². The zero-order chi connectivity index (χ0) is 36.3. The van der Waals surface area contributed by atoms with Gasteiger partial charge in [-0.05, 0) is 59.5 Å². The molecule has 0 bridgehead atoms. The van der Waals surface area contributed by atoms with Gasteiger partial charge in [0.15, 0.2) is 0 Å². The van der Waals surface area contributed by atoms with E-state index in [0.29, 0.717) is 12.1 Å². The Morgan fingerprint density at radius 2 is 1.42 bits per heavy atom. The first-order valence-corrected chi connectivity index (χ1v) is 16.8. The largest absolute Gasteiger partial charge is 1.00 e. The molecule has 1 amide bonds. The van der Waals surface area contributed by atoms with Crippen LogP contribution in [0.3, 0.4) is 0 Å². The van der Waals surface area contributed by atoms with E-state index < -0.39 is 81.9 Å². The predicted molar refractivity (Wildman–Crippen MR) is 153 cm³/mol. The van der Waals surface area contributed by atoms with E-state index in [4.69, 9.17) is 0 Å². The third-order valence-electron chi connectivity index (χ3n) is 6.98. The van der Waals surface area contributed by atoms with E-state index in [1.54, 1.807) is 12.1 Å². The summed E-state index contributed by atoms with van der Waals surface area (Å²) in [6.07, 6.45) is 0.0856. The van der Waals surface area contributed by atoms with Crippen LogP contribution in [-0.4, -0.2) is 49.9 Å². The van der Waals surface area contributed by atoms with Gasteiger partial charge in [-0.3, -0.25) is 9.35 Å². The SMILES string of the molecule is CCCCCCCCc1ccc(N=Nc2c(S(=O)(=O)O)cc3cc(S(=O)(=O)[O-])cc(NC(=O)C(F)(F)C(F)(F)C(F)(F)F)c3c2[O-])cc1.[Na+].[Na+]. The third-order valence-corrected chi connectivity index (χ3v) is 8.66. The first kappa shape index (κ1) is 46.1. The van der Waals surface area contributed by atoms with Gasteiger partial charge in [0.25, 0.3) is 10.1 Å². The van der Waals surface area contributed by atoms with Crippen LogP contribution >= 0.6 is 0 Å². The van der Waals surface area contributed by atoms with E-state index in [2.05, 4.69) is 17.2 Å². The summed E-state index contributed by atoms with van der Waals surface area (Å²) in [5.74, 6) is -18.6. The predicted octanol–water partition coefficient (Wildman–Crippen LogP) is 1.16. The Balaban J connectivity index is 0.00000625. The van der Waals surface area contributed by atoms with Gasteiger partial charge in [-0.2, -0.15) is 44.3 Å². The monoisotopic (exact) mass is 775 g/mol. The molecule has 0 heterocycles. The van der Waals surface area contributed by atoms with Gasteiger partial charge in [0.05, 0.1) is 16.3 Å². The van der Waals surface area contributed by atoms with Crippen molar-refractivity contribution < 1.29 is 126 Å². The molecule has 0 saturated carbocycles. The van der Waals surface area contributed by atoms with Gasteiger partial charge in [-0.25, -0.2) is 8.42 Å². The molecule has 50 heavy (non-hydrogen) atoms. The Hall–Kier alpha value is -1.88. The first-order valence-electron chi connectivity index (χ1n) is 13.9. The van der Waals surface area contributed by atoms with Crippen LogP contribution in [0.5, 0.6) is 5.75 Å². The molecular formula is C28H26F7N3Na2O8S2. The molecule has 0 spiro atoms. The molecule has 0 saturated heterocycles. The van der Waals surface area contributed by atoms with E-state index in [1.165, 1.54) is 12.1 Å². The maximum atomic E-state index is 14.1. The molecule has 0 radical (unpaired) electrons. The molecule has 3 aromatic carbocycles. The number of alkyl halides is 7. The van der Waals surface area contributed by atoms with Crippen molar-refractivity contribution in [2.75, 3.05) is 5.32 Å². The van der Waals surface area contributed by atoms with Crippen molar-refractivity contribution in [3.8, 4) is 5.75 Å². The molecule has 3 rings (SSSR count). The third kappa shape index (κ3) is 10.8. The Morgan fingerprint density at radius 1 is 0.860 bits per heavy atom. The molecule has 264 valence electrons. The number of hydrogen-bond acceptors (Lipinski definition) is 9. The fourth-order valence-corrected chi connectivity index (χ4v) is 5.63. The van der Waals surface area contributed by atoms with E-state index in [1.807, 2.05) is 0 Å². The summed E-state index contributed by atoms with van der Waals surface area (Å²) >= 11 is 0. The van der Waals surface area contributed by atoms with Crippen LogP contribution in [0.1, 0.15) is 51.0 Å². The normalized spacial score (nSPS) is 12.8. The summed E-state index contributed by atoms with van der Waals surface area (Å²) in [6.45, 7) is 2.10. The number of azo groups is 1. The van der Waals surface area contributed by atoms with E-state index in [-0.39, 0.29) is 70.9 Å². The van der Waals surface area contributed by atoms with E-state index >= 15 is 0 Å². The minimum atomic E-state index is -6.97. The molecule has 22 heteroatoms. The Kier molecular flexibility index (Phi) is 16.4. The summed E-state index contributed by atoms with van der Waals surface area (Å²) in [4.78, 5) is 9.25. The smallest absolute Gasteiger partial charge is 0.870 e. The van der Waals surface area contributed by atoms with Gasteiger partial charge in [0.2, 0.25) is 0 Å². The fraction of sp³-hybridized carbons (Fsp3) is 0.393. The molecule has 3 aromatic rings. The van der Waals surface area contributed by atoms with Crippen molar-refractivity contribution in [3.63, 3.8) is 0 Å². The molecule has 0 atom stereocenters. The number of carbonyl (C=O) groups is 1. The number of benzene rings is 3. The first-order chi connectivity index (χ1) is 22.0. The van der Waals surface area contributed by atoms with Crippen LogP contribution in [-0.2, 0) is 31.5 Å². The quantitative estimate of drug-likeness (QED) is 0.0803. The number of amides is 1. The summed E-state index contributed by atoms with van der Waals surface area (Å²) < 4.78 is 162. The maximum Gasteiger partial charge on any atom is 1.00 e. The van der Waals surface area contributed by atoms with Gasteiger partial charge in [0.1, 0.15) is 15.0 Å². The molecule has 11 nitrogen and oxygen atoms in total. The van der Waals surface area contributed by atoms with Crippen LogP contribution in [0, 0.1) is 0 Å². The minimum Gasteiger partial charge on any atom is -0.870 e. The second-order valence-corrected chi connectivity index (χ2v) is 13.3. The van der Waals surface area contributed by atoms with Crippen molar-refractivity contribution in [2.45, 2.75) is 79.7 Å². The van der Waals surface area contributed by atoms with E-state index in [0.717, 1.165) is 55.8 Å². The molecular weight excluding hydrogens is 749 g/mol.